The fourth-order valence-corrected chi connectivity index (χ4v) is 2.17. The molecule has 0 spiro atoms. The van der Waals surface area contributed by atoms with Gasteiger partial charge in [-0.15, -0.1) is 0 Å². The first kappa shape index (κ1) is 8.79. The van der Waals surface area contributed by atoms with Crippen molar-refractivity contribution < 1.29 is 4.74 Å². The van der Waals surface area contributed by atoms with E-state index < -0.39 is 0 Å². The van der Waals surface area contributed by atoms with Crippen LogP contribution >= 0.6 is 0 Å². The van der Waals surface area contributed by atoms with Crippen molar-refractivity contribution in [3.8, 4) is 6.19 Å². The van der Waals surface area contributed by atoms with Crippen molar-refractivity contribution in [2.45, 2.75) is 25.0 Å². The van der Waals surface area contributed by atoms with Gasteiger partial charge in [0.25, 0.3) is 0 Å². The zero-order valence-electron chi connectivity index (χ0n) is 7.70. The van der Waals surface area contributed by atoms with E-state index in [2.05, 4.69) is 10.2 Å². The van der Waals surface area contributed by atoms with Crippen molar-refractivity contribution in [2.24, 2.45) is 0 Å². The second-order valence-corrected chi connectivity index (χ2v) is 3.74. The van der Waals surface area contributed by atoms with Gasteiger partial charge in [-0.3, -0.25) is 4.90 Å². The third-order valence-corrected chi connectivity index (χ3v) is 2.87. The maximum atomic E-state index is 8.35. The topological polar surface area (TPSA) is 48.3 Å². The molecule has 4 nitrogen and oxygen atoms in total. The zero-order valence-corrected chi connectivity index (χ0v) is 7.70. The highest BCUT2D eigenvalue weighted by molar-refractivity contribution is 4.86. The Hall–Kier alpha value is -0.790. The third-order valence-electron chi connectivity index (χ3n) is 2.87. The predicted molar refractivity (Wildman–Crippen MR) is 48.0 cm³/mol. The van der Waals surface area contributed by atoms with Crippen molar-refractivity contribution in [1.29, 1.82) is 5.26 Å². The van der Waals surface area contributed by atoms with Gasteiger partial charge in [0.15, 0.2) is 6.19 Å². The summed E-state index contributed by atoms with van der Waals surface area (Å²) < 4.78 is 5.64. The number of nitrogens with zero attached hydrogens (tertiary/aromatic N) is 2. The Labute approximate surface area is 78.5 Å². The highest BCUT2D eigenvalue weighted by Crippen LogP contribution is 2.22. The Morgan fingerprint density at radius 1 is 1.62 bits per heavy atom. The average Bonchev–Trinajstić information content (AvgIpc) is 2.61. The molecular formula is C9H15N3O. The number of morpholine rings is 1. The Morgan fingerprint density at radius 2 is 2.54 bits per heavy atom. The van der Waals surface area contributed by atoms with Crippen molar-refractivity contribution in [3.05, 3.63) is 0 Å². The lowest BCUT2D eigenvalue weighted by atomic mass is 10.2. The monoisotopic (exact) mass is 181 g/mol. The van der Waals surface area contributed by atoms with Crippen molar-refractivity contribution in [3.63, 3.8) is 0 Å². The van der Waals surface area contributed by atoms with Gasteiger partial charge < -0.3 is 10.1 Å². The molecule has 0 amide bonds. The van der Waals surface area contributed by atoms with Crippen LogP contribution in [0.3, 0.4) is 0 Å². The SMILES string of the molecule is N#CNCC1CN2CCCC2CO1. The standard InChI is InChI=1S/C9H15N3O/c10-7-11-4-9-5-12-3-1-2-8(12)6-13-9/h8-9,11H,1-6H2. The number of hydrogen-bond donors (Lipinski definition) is 1. The molecule has 0 bridgehead atoms. The molecule has 0 aliphatic carbocycles. The summed E-state index contributed by atoms with van der Waals surface area (Å²) in [5.74, 6) is 0. The number of nitrogens with one attached hydrogen (secondary N) is 1. The largest absolute Gasteiger partial charge is 0.373 e. The first-order valence-corrected chi connectivity index (χ1v) is 4.88. The minimum Gasteiger partial charge on any atom is -0.373 e. The Balaban J connectivity index is 1.80. The molecule has 2 atom stereocenters. The predicted octanol–water partition coefficient (Wildman–Crippen LogP) is -0.0797. The van der Waals surface area contributed by atoms with E-state index in [0.717, 1.165) is 13.2 Å². The lowest BCUT2D eigenvalue weighted by Crippen LogP contribution is -2.48. The summed E-state index contributed by atoms with van der Waals surface area (Å²) in [5.41, 5.74) is 0. The Bertz CT molecular complexity index is 213. The van der Waals surface area contributed by atoms with E-state index in [1.54, 1.807) is 0 Å². The summed E-state index contributed by atoms with van der Waals surface area (Å²) >= 11 is 0. The lowest BCUT2D eigenvalue weighted by molar-refractivity contribution is -0.0455. The smallest absolute Gasteiger partial charge is 0.176 e. The van der Waals surface area contributed by atoms with Crippen LogP contribution in [-0.4, -0.2) is 43.3 Å². The van der Waals surface area contributed by atoms with Crippen LogP contribution in [0.25, 0.3) is 0 Å². The van der Waals surface area contributed by atoms with Gasteiger partial charge in [0.2, 0.25) is 0 Å². The molecule has 2 rings (SSSR count). The van der Waals surface area contributed by atoms with Crippen LogP contribution in [0.15, 0.2) is 0 Å². The summed E-state index contributed by atoms with van der Waals surface area (Å²) in [5, 5.41) is 11.0. The van der Waals surface area contributed by atoms with E-state index in [9.17, 15) is 0 Å². The van der Waals surface area contributed by atoms with Gasteiger partial charge in [0.05, 0.1) is 19.3 Å². The van der Waals surface area contributed by atoms with Gasteiger partial charge in [0.1, 0.15) is 0 Å². The van der Waals surface area contributed by atoms with Crippen molar-refractivity contribution in [1.82, 2.24) is 10.2 Å². The molecule has 0 saturated carbocycles. The molecule has 0 aromatic rings. The fraction of sp³-hybridized carbons (Fsp3) is 0.889. The van der Waals surface area contributed by atoms with Crippen LogP contribution in [0.4, 0.5) is 0 Å². The molecule has 13 heavy (non-hydrogen) atoms. The Kier molecular flexibility index (Phi) is 2.67. The van der Waals surface area contributed by atoms with E-state index in [-0.39, 0.29) is 6.10 Å². The van der Waals surface area contributed by atoms with Gasteiger partial charge in [-0.1, -0.05) is 0 Å². The third kappa shape index (κ3) is 1.93. The molecule has 72 valence electrons. The van der Waals surface area contributed by atoms with Crippen LogP contribution in [-0.2, 0) is 4.74 Å². The highest BCUT2D eigenvalue weighted by Gasteiger charge is 2.31. The summed E-state index contributed by atoms with van der Waals surface area (Å²) in [4.78, 5) is 2.48. The van der Waals surface area contributed by atoms with Crippen LogP contribution in [0.1, 0.15) is 12.8 Å². The molecule has 2 saturated heterocycles. The molecule has 2 heterocycles. The number of rotatable bonds is 2. The van der Waals surface area contributed by atoms with E-state index in [0.29, 0.717) is 12.6 Å². The lowest BCUT2D eigenvalue weighted by Gasteiger charge is -2.34. The summed E-state index contributed by atoms with van der Waals surface area (Å²) in [6.07, 6.45) is 4.70. The molecule has 1 N–H and O–H groups in total. The van der Waals surface area contributed by atoms with Gasteiger partial charge in [-0.25, -0.2) is 0 Å². The molecule has 2 aliphatic rings. The number of fused-ring (bicyclic) bond motifs is 1. The molecule has 2 unspecified atom stereocenters. The van der Waals surface area contributed by atoms with E-state index >= 15 is 0 Å². The van der Waals surface area contributed by atoms with Gasteiger partial charge >= 0.3 is 0 Å². The second-order valence-electron chi connectivity index (χ2n) is 3.74. The van der Waals surface area contributed by atoms with Gasteiger partial charge in [0, 0.05) is 12.6 Å². The number of nitriles is 1. The minimum absolute atomic E-state index is 0.203. The molecule has 0 aromatic heterocycles. The quantitative estimate of drug-likeness (QED) is 0.478. The van der Waals surface area contributed by atoms with Crippen molar-refractivity contribution >= 4 is 0 Å². The summed E-state index contributed by atoms with van der Waals surface area (Å²) in [7, 11) is 0. The van der Waals surface area contributed by atoms with E-state index in [1.807, 2.05) is 6.19 Å². The molecular weight excluding hydrogens is 166 g/mol. The molecule has 4 heteroatoms. The number of ether oxygens (including phenoxy) is 1. The first-order chi connectivity index (χ1) is 6.40. The first-order valence-electron chi connectivity index (χ1n) is 4.88. The average molecular weight is 181 g/mol. The van der Waals surface area contributed by atoms with Crippen LogP contribution in [0.5, 0.6) is 0 Å². The normalized spacial score (nSPS) is 33.8. The van der Waals surface area contributed by atoms with Crippen molar-refractivity contribution in [2.75, 3.05) is 26.2 Å². The summed E-state index contributed by atoms with van der Waals surface area (Å²) in [6, 6.07) is 0.651. The molecule has 2 fully saturated rings. The van der Waals surface area contributed by atoms with Gasteiger partial charge in [-0.2, -0.15) is 5.26 Å². The minimum atomic E-state index is 0.203. The van der Waals surface area contributed by atoms with Crippen LogP contribution in [0, 0.1) is 11.5 Å². The maximum Gasteiger partial charge on any atom is 0.176 e. The maximum absolute atomic E-state index is 8.35. The van der Waals surface area contributed by atoms with E-state index in [4.69, 9.17) is 10.00 Å². The molecule has 2 aliphatic heterocycles. The second kappa shape index (κ2) is 3.95. The fourth-order valence-electron chi connectivity index (χ4n) is 2.17. The molecule has 0 radical (unpaired) electrons. The van der Waals surface area contributed by atoms with Crippen LogP contribution < -0.4 is 5.32 Å². The highest BCUT2D eigenvalue weighted by atomic mass is 16.5. The van der Waals surface area contributed by atoms with Crippen LogP contribution in [0.2, 0.25) is 0 Å². The Morgan fingerprint density at radius 3 is 3.38 bits per heavy atom. The number of hydrogen-bond acceptors (Lipinski definition) is 4. The van der Waals surface area contributed by atoms with E-state index in [1.165, 1.54) is 19.4 Å². The summed E-state index contributed by atoms with van der Waals surface area (Å²) in [6.45, 7) is 3.69. The molecule has 0 aromatic carbocycles. The zero-order chi connectivity index (χ0) is 9.10. The van der Waals surface area contributed by atoms with Gasteiger partial charge in [-0.05, 0) is 19.4 Å².